The minimum Gasteiger partial charge on any atom is -0.352 e. The summed E-state index contributed by atoms with van der Waals surface area (Å²) in [5.41, 5.74) is 6.26. The van der Waals surface area contributed by atoms with Crippen molar-refractivity contribution in [3.8, 4) is 0 Å². The SMILES string of the molecule is NCCc1cn(CC(=O)NC2CCCC2)nn1. The van der Waals surface area contributed by atoms with Gasteiger partial charge in [0.15, 0.2) is 0 Å². The first kappa shape index (κ1) is 12.0. The van der Waals surface area contributed by atoms with E-state index in [1.54, 1.807) is 10.9 Å². The van der Waals surface area contributed by atoms with Crippen molar-refractivity contribution in [1.82, 2.24) is 20.3 Å². The molecular weight excluding hydrogens is 218 g/mol. The van der Waals surface area contributed by atoms with Gasteiger partial charge in [-0.05, 0) is 19.4 Å². The van der Waals surface area contributed by atoms with Crippen LogP contribution < -0.4 is 11.1 Å². The van der Waals surface area contributed by atoms with Crippen molar-refractivity contribution in [3.63, 3.8) is 0 Å². The highest BCUT2D eigenvalue weighted by Gasteiger charge is 2.17. The summed E-state index contributed by atoms with van der Waals surface area (Å²) in [7, 11) is 0. The molecule has 1 aromatic heterocycles. The van der Waals surface area contributed by atoms with Gasteiger partial charge in [-0.1, -0.05) is 18.1 Å². The van der Waals surface area contributed by atoms with E-state index < -0.39 is 0 Å². The van der Waals surface area contributed by atoms with E-state index in [1.165, 1.54) is 12.8 Å². The van der Waals surface area contributed by atoms with Crippen LogP contribution in [0.4, 0.5) is 0 Å². The normalized spacial score (nSPS) is 16.3. The number of nitrogens with two attached hydrogens (primary N) is 1. The molecule has 17 heavy (non-hydrogen) atoms. The van der Waals surface area contributed by atoms with Crippen molar-refractivity contribution in [3.05, 3.63) is 11.9 Å². The molecule has 1 fully saturated rings. The van der Waals surface area contributed by atoms with E-state index in [9.17, 15) is 4.79 Å². The molecule has 0 atom stereocenters. The number of hydrogen-bond donors (Lipinski definition) is 2. The van der Waals surface area contributed by atoms with Crippen molar-refractivity contribution < 1.29 is 4.79 Å². The summed E-state index contributed by atoms with van der Waals surface area (Å²) >= 11 is 0. The number of nitrogens with one attached hydrogen (secondary N) is 1. The topological polar surface area (TPSA) is 85.8 Å². The van der Waals surface area contributed by atoms with E-state index in [0.717, 1.165) is 18.5 Å². The van der Waals surface area contributed by atoms with E-state index in [4.69, 9.17) is 5.73 Å². The molecule has 1 saturated carbocycles. The summed E-state index contributed by atoms with van der Waals surface area (Å²) in [5.74, 6) is 0.0149. The standard InChI is InChI=1S/C11H19N5O/c12-6-5-10-7-16(15-14-10)8-11(17)13-9-3-1-2-4-9/h7,9H,1-6,8,12H2,(H,13,17). The predicted molar refractivity (Wildman–Crippen MR) is 63.2 cm³/mol. The molecule has 0 radical (unpaired) electrons. The molecule has 1 heterocycles. The largest absolute Gasteiger partial charge is 0.352 e. The zero-order chi connectivity index (χ0) is 12.1. The molecule has 1 amide bonds. The van der Waals surface area contributed by atoms with Crippen LogP contribution in [-0.4, -0.2) is 33.5 Å². The third-order valence-corrected chi connectivity index (χ3v) is 3.01. The van der Waals surface area contributed by atoms with Gasteiger partial charge in [-0.25, -0.2) is 4.68 Å². The van der Waals surface area contributed by atoms with Gasteiger partial charge in [0.05, 0.1) is 5.69 Å². The molecule has 0 unspecified atom stereocenters. The van der Waals surface area contributed by atoms with Crippen molar-refractivity contribution >= 4 is 5.91 Å². The Morgan fingerprint density at radius 1 is 1.53 bits per heavy atom. The third kappa shape index (κ3) is 3.52. The summed E-state index contributed by atoms with van der Waals surface area (Å²) in [6.45, 7) is 0.793. The zero-order valence-corrected chi connectivity index (χ0v) is 9.93. The monoisotopic (exact) mass is 237 g/mol. The second kappa shape index (κ2) is 5.77. The van der Waals surface area contributed by atoms with Crippen LogP contribution in [0.3, 0.4) is 0 Å². The van der Waals surface area contributed by atoms with Crippen LogP contribution in [0, 0.1) is 0 Å². The van der Waals surface area contributed by atoms with Gasteiger partial charge in [0.1, 0.15) is 6.54 Å². The van der Waals surface area contributed by atoms with Gasteiger partial charge in [0.2, 0.25) is 5.91 Å². The van der Waals surface area contributed by atoms with Crippen LogP contribution in [0.25, 0.3) is 0 Å². The van der Waals surface area contributed by atoms with Crippen molar-refractivity contribution in [1.29, 1.82) is 0 Å². The van der Waals surface area contributed by atoms with Gasteiger partial charge in [-0.2, -0.15) is 0 Å². The van der Waals surface area contributed by atoms with Crippen LogP contribution in [0.1, 0.15) is 31.4 Å². The number of amides is 1. The van der Waals surface area contributed by atoms with Crippen molar-refractivity contribution in [2.75, 3.05) is 6.54 Å². The van der Waals surface area contributed by atoms with Crippen molar-refractivity contribution in [2.45, 2.75) is 44.7 Å². The molecular formula is C11H19N5O. The smallest absolute Gasteiger partial charge is 0.242 e. The molecule has 0 saturated heterocycles. The molecule has 6 heteroatoms. The minimum atomic E-state index is 0.0149. The lowest BCUT2D eigenvalue weighted by Crippen LogP contribution is -2.35. The Balaban J connectivity index is 1.80. The molecule has 1 aromatic rings. The number of carbonyl (C=O) groups excluding carboxylic acids is 1. The molecule has 1 aliphatic carbocycles. The Kier molecular flexibility index (Phi) is 4.08. The summed E-state index contributed by atoms with van der Waals surface area (Å²) in [6, 6.07) is 0.356. The number of hydrogen-bond acceptors (Lipinski definition) is 4. The zero-order valence-electron chi connectivity index (χ0n) is 9.93. The summed E-state index contributed by atoms with van der Waals surface area (Å²) in [5, 5.41) is 10.9. The summed E-state index contributed by atoms with van der Waals surface area (Å²) in [4.78, 5) is 11.7. The van der Waals surface area contributed by atoms with E-state index >= 15 is 0 Å². The average molecular weight is 237 g/mol. The van der Waals surface area contributed by atoms with Crippen LogP contribution in [0.15, 0.2) is 6.20 Å². The van der Waals surface area contributed by atoms with E-state index in [-0.39, 0.29) is 12.5 Å². The Bertz CT molecular complexity index is 370. The van der Waals surface area contributed by atoms with Crippen LogP contribution >= 0.6 is 0 Å². The first-order chi connectivity index (χ1) is 8.28. The molecule has 0 spiro atoms. The highest BCUT2D eigenvalue weighted by atomic mass is 16.2. The van der Waals surface area contributed by atoms with Crippen LogP contribution in [-0.2, 0) is 17.8 Å². The maximum Gasteiger partial charge on any atom is 0.242 e. The third-order valence-electron chi connectivity index (χ3n) is 3.01. The number of aromatic nitrogens is 3. The average Bonchev–Trinajstić information content (AvgIpc) is 2.91. The fourth-order valence-electron chi connectivity index (χ4n) is 2.17. The molecule has 6 nitrogen and oxygen atoms in total. The van der Waals surface area contributed by atoms with Gasteiger partial charge in [0, 0.05) is 18.7 Å². The quantitative estimate of drug-likeness (QED) is 0.745. The molecule has 1 aliphatic rings. The molecule has 0 bridgehead atoms. The lowest BCUT2D eigenvalue weighted by atomic mass is 10.2. The minimum absolute atomic E-state index is 0.0149. The highest BCUT2D eigenvalue weighted by Crippen LogP contribution is 2.17. The first-order valence-corrected chi connectivity index (χ1v) is 6.16. The fraction of sp³-hybridized carbons (Fsp3) is 0.727. The Labute approximate surface area is 101 Å². The predicted octanol–water partition coefficient (Wildman–Crippen LogP) is -0.162. The molecule has 3 N–H and O–H groups in total. The number of carbonyl (C=O) groups is 1. The Hall–Kier alpha value is -1.43. The van der Waals surface area contributed by atoms with Gasteiger partial charge in [0.25, 0.3) is 0 Å². The first-order valence-electron chi connectivity index (χ1n) is 6.16. The van der Waals surface area contributed by atoms with E-state index in [2.05, 4.69) is 15.6 Å². The van der Waals surface area contributed by atoms with E-state index in [0.29, 0.717) is 19.0 Å². The summed E-state index contributed by atoms with van der Waals surface area (Å²) in [6.07, 6.45) is 7.11. The molecule has 0 aliphatic heterocycles. The van der Waals surface area contributed by atoms with Gasteiger partial charge < -0.3 is 11.1 Å². The number of rotatable bonds is 5. The maximum absolute atomic E-state index is 11.7. The second-order valence-electron chi connectivity index (χ2n) is 4.50. The number of nitrogens with zero attached hydrogens (tertiary/aromatic N) is 3. The molecule has 94 valence electrons. The lowest BCUT2D eigenvalue weighted by molar-refractivity contribution is -0.122. The highest BCUT2D eigenvalue weighted by molar-refractivity contribution is 5.75. The fourth-order valence-corrected chi connectivity index (χ4v) is 2.17. The van der Waals surface area contributed by atoms with Crippen LogP contribution in [0.2, 0.25) is 0 Å². The lowest BCUT2D eigenvalue weighted by Gasteiger charge is -2.11. The Morgan fingerprint density at radius 2 is 2.29 bits per heavy atom. The second-order valence-corrected chi connectivity index (χ2v) is 4.50. The summed E-state index contributed by atoms with van der Waals surface area (Å²) < 4.78 is 1.56. The van der Waals surface area contributed by atoms with Gasteiger partial charge >= 0.3 is 0 Å². The van der Waals surface area contributed by atoms with E-state index in [1.807, 2.05) is 0 Å². The molecule has 2 rings (SSSR count). The Morgan fingerprint density at radius 3 is 3.00 bits per heavy atom. The molecule has 0 aromatic carbocycles. The van der Waals surface area contributed by atoms with Crippen molar-refractivity contribution in [2.24, 2.45) is 5.73 Å². The van der Waals surface area contributed by atoms with Crippen LogP contribution in [0.5, 0.6) is 0 Å². The maximum atomic E-state index is 11.7. The van der Waals surface area contributed by atoms with Gasteiger partial charge in [-0.3, -0.25) is 4.79 Å². The van der Waals surface area contributed by atoms with Gasteiger partial charge in [-0.15, -0.1) is 5.10 Å².